The molecular weight excluding hydrogens is 546 g/mol. The molecule has 0 saturated carbocycles. The summed E-state index contributed by atoms with van der Waals surface area (Å²) in [4.78, 5) is 10.5. The van der Waals surface area contributed by atoms with Gasteiger partial charge in [0.25, 0.3) is 0 Å². The highest BCUT2D eigenvalue weighted by Gasteiger charge is 2.35. The average molecular weight is 572 g/mol. The summed E-state index contributed by atoms with van der Waals surface area (Å²) in [5.74, 6) is 1.59. The van der Waals surface area contributed by atoms with Crippen molar-refractivity contribution in [2.24, 2.45) is 0 Å². The SMILES string of the molecule is CC1(C)c2ccccc2-c2ccc(-c3nc(-n4c5ccccc5c5cc6ccc(Cl)cc6cc54)c4ccccc4n3)cc21. The molecule has 0 fully saturated rings. The number of halogens is 1. The zero-order valence-electron chi connectivity index (χ0n) is 23.8. The third kappa shape index (κ3) is 3.49. The molecule has 2 aromatic heterocycles. The molecule has 2 heterocycles. The van der Waals surface area contributed by atoms with E-state index in [9.17, 15) is 0 Å². The first-order valence-electron chi connectivity index (χ1n) is 14.6. The lowest BCUT2D eigenvalue weighted by Gasteiger charge is -2.22. The number of fused-ring (bicyclic) bond motifs is 8. The Morgan fingerprint density at radius 3 is 2.26 bits per heavy atom. The van der Waals surface area contributed by atoms with Gasteiger partial charge in [0, 0.05) is 32.2 Å². The molecule has 8 aromatic rings. The molecule has 6 aromatic carbocycles. The van der Waals surface area contributed by atoms with E-state index < -0.39 is 0 Å². The Labute approximate surface area is 254 Å². The Kier molecular flexibility index (Phi) is 5.01. The first-order chi connectivity index (χ1) is 21.0. The first kappa shape index (κ1) is 24.6. The van der Waals surface area contributed by atoms with Gasteiger partial charge < -0.3 is 0 Å². The maximum atomic E-state index is 6.43. The summed E-state index contributed by atoms with van der Waals surface area (Å²) in [6.07, 6.45) is 0. The highest BCUT2D eigenvalue weighted by molar-refractivity contribution is 6.31. The Morgan fingerprint density at radius 1 is 0.581 bits per heavy atom. The molecule has 0 saturated heterocycles. The van der Waals surface area contributed by atoms with Crippen molar-refractivity contribution in [3.63, 3.8) is 0 Å². The second-order valence-corrected chi connectivity index (χ2v) is 12.5. The summed E-state index contributed by atoms with van der Waals surface area (Å²) < 4.78 is 2.30. The number of benzene rings is 6. The van der Waals surface area contributed by atoms with E-state index in [4.69, 9.17) is 21.6 Å². The van der Waals surface area contributed by atoms with E-state index >= 15 is 0 Å². The molecule has 43 heavy (non-hydrogen) atoms. The lowest BCUT2D eigenvalue weighted by atomic mass is 9.82. The van der Waals surface area contributed by atoms with E-state index in [1.807, 2.05) is 18.2 Å². The van der Waals surface area contributed by atoms with Crippen molar-refractivity contribution in [2.45, 2.75) is 19.3 Å². The summed E-state index contributed by atoms with van der Waals surface area (Å²) in [5.41, 5.74) is 9.31. The molecule has 0 radical (unpaired) electrons. The van der Waals surface area contributed by atoms with E-state index in [1.54, 1.807) is 0 Å². The van der Waals surface area contributed by atoms with Gasteiger partial charge in [0.05, 0.1) is 16.6 Å². The normalized spacial score (nSPS) is 13.7. The Morgan fingerprint density at radius 2 is 1.35 bits per heavy atom. The molecule has 0 bridgehead atoms. The van der Waals surface area contributed by atoms with Crippen molar-refractivity contribution in [3.8, 4) is 28.3 Å². The summed E-state index contributed by atoms with van der Waals surface area (Å²) in [6.45, 7) is 4.62. The molecule has 4 heteroatoms. The second kappa shape index (κ2) is 8.76. The van der Waals surface area contributed by atoms with Gasteiger partial charge in [-0.2, -0.15) is 0 Å². The largest absolute Gasteiger partial charge is 0.293 e. The third-order valence-electron chi connectivity index (χ3n) is 9.23. The van der Waals surface area contributed by atoms with Crippen LogP contribution in [-0.2, 0) is 5.41 Å². The minimum atomic E-state index is -0.100. The third-order valence-corrected chi connectivity index (χ3v) is 9.46. The highest BCUT2D eigenvalue weighted by atomic mass is 35.5. The predicted molar refractivity (Wildman–Crippen MR) is 179 cm³/mol. The van der Waals surface area contributed by atoms with Crippen molar-refractivity contribution < 1.29 is 0 Å². The molecule has 0 amide bonds. The molecule has 1 aliphatic rings. The molecule has 3 nitrogen and oxygen atoms in total. The maximum absolute atomic E-state index is 6.43. The minimum Gasteiger partial charge on any atom is -0.293 e. The molecule has 0 aliphatic heterocycles. The maximum Gasteiger partial charge on any atom is 0.162 e. The number of aromatic nitrogens is 3. The first-order valence-corrected chi connectivity index (χ1v) is 15.0. The van der Waals surface area contributed by atoms with Gasteiger partial charge in [-0.3, -0.25) is 4.57 Å². The summed E-state index contributed by atoms with van der Waals surface area (Å²) in [6, 6.07) is 42.9. The van der Waals surface area contributed by atoms with Crippen LogP contribution >= 0.6 is 11.6 Å². The standard InChI is InChI=1S/C39H26ClN3/c1-39(2)32-12-6-3-9-27(32)28-18-16-24(21-33(28)39)37-41-34-13-7-4-11-30(34)38(42-37)43-35-14-8-5-10-29(35)31-20-23-15-17-26(40)19-25(23)22-36(31)43/h3-22H,1-2H3. The number of hydrogen-bond acceptors (Lipinski definition) is 2. The number of para-hydroxylation sites is 2. The van der Waals surface area contributed by atoms with Crippen molar-refractivity contribution in [1.29, 1.82) is 0 Å². The molecule has 1 aliphatic carbocycles. The van der Waals surface area contributed by atoms with Crippen LogP contribution in [0.1, 0.15) is 25.0 Å². The quantitative estimate of drug-likeness (QED) is 0.206. The Balaban J connectivity index is 1.34. The fourth-order valence-corrected chi connectivity index (χ4v) is 7.29. The summed E-state index contributed by atoms with van der Waals surface area (Å²) >= 11 is 6.43. The highest BCUT2D eigenvalue weighted by Crippen LogP contribution is 2.49. The van der Waals surface area contributed by atoms with Gasteiger partial charge in [-0.15, -0.1) is 0 Å². The molecule has 0 N–H and O–H groups in total. The minimum absolute atomic E-state index is 0.100. The summed E-state index contributed by atoms with van der Waals surface area (Å²) in [5, 5.41) is 6.38. The fraction of sp³-hybridized carbons (Fsp3) is 0.0769. The van der Waals surface area contributed by atoms with Crippen LogP contribution in [-0.4, -0.2) is 14.5 Å². The van der Waals surface area contributed by atoms with E-state index in [-0.39, 0.29) is 5.41 Å². The molecule has 0 spiro atoms. The average Bonchev–Trinajstić information content (AvgIpc) is 3.47. The molecule has 0 unspecified atom stereocenters. The zero-order valence-corrected chi connectivity index (χ0v) is 24.5. The van der Waals surface area contributed by atoms with Gasteiger partial charge in [0.2, 0.25) is 0 Å². The van der Waals surface area contributed by atoms with Crippen molar-refractivity contribution >= 4 is 55.1 Å². The lowest BCUT2D eigenvalue weighted by Crippen LogP contribution is -2.15. The van der Waals surface area contributed by atoms with Gasteiger partial charge in [0.1, 0.15) is 5.82 Å². The van der Waals surface area contributed by atoms with Gasteiger partial charge in [-0.25, -0.2) is 9.97 Å². The molecular formula is C39H26ClN3. The van der Waals surface area contributed by atoms with Crippen LogP contribution in [0, 0.1) is 0 Å². The Hall–Kier alpha value is -4.99. The van der Waals surface area contributed by atoms with Crippen LogP contribution in [0.3, 0.4) is 0 Å². The number of nitrogens with zero attached hydrogens (tertiary/aromatic N) is 3. The lowest BCUT2D eigenvalue weighted by molar-refractivity contribution is 0.660. The van der Waals surface area contributed by atoms with Crippen LogP contribution in [0.25, 0.3) is 71.8 Å². The van der Waals surface area contributed by atoms with E-state index in [1.165, 1.54) is 33.0 Å². The van der Waals surface area contributed by atoms with Gasteiger partial charge in [-0.1, -0.05) is 98.2 Å². The van der Waals surface area contributed by atoms with E-state index in [0.717, 1.165) is 54.9 Å². The molecule has 9 rings (SSSR count). The van der Waals surface area contributed by atoms with Gasteiger partial charge in [-0.05, 0) is 81.6 Å². The number of hydrogen-bond donors (Lipinski definition) is 0. The van der Waals surface area contributed by atoms with Crippen LogP contribution in [0.4, 0.5) is 0 Å². The van der Waals surface area contributed by atoms with Crippen molar-refractivity contribution in [3.05, 3.63) is 137 Å². The molecule has 204 valence electrons. The zero-order chi connectivity index (χ0) is 28.9. The smallest absolute Gasteiger partial charge is 0.162 e. The van der Waals surface area contributed by atoms with Crippen LogP contribution in [0.5, 0.6) is 0 Å². The fourth-order valence-electron chi connectivity index (χ4n) is 7.11. The topological polar surface area (TPSA) is 30.7 Å². The van der Waals surface area contributed by atoms with E-state index in [0.29, 0.717) is 0 Å². The second-order valence-electron chi connectivity index (χ2n) is 12.0. The van der Waals surface area contributed by atoms with E-state index in [2.05, 4.69) is 122 Å². The van der Waals surface area contributed by atoms with Crippen LogP contribution in [0.15, 0.2) is 121 Å². The molecule has 0 atom stereocenters. The Bertz CT molecular complexity index is 2450. The van der Waals surface area contributed by atoms with Crippen LogP contribution < -0.4 is 0 Å². The van der Waals surface area contributed by atoms with Crippen molar-refractivity contribution in [1.82, 2.24) is 14.5 Å². The summed E-state index contributed by atoms with van der Waals surface area (Å²) in [7, 11) is 0. The van der Waals surface area contributed by atoms with Crippen molar-refractivity contribution in [2.75, 3.05) is 0 Å². The van der Waals surface area contributed by atoms with Crippen LogP contribution in [0.2, 0.25) is 5.02 Å². The number of rotatable bonds is 2. The van der Waals surface area contributed by atoms with Gasteiger partial charge in [0.15, 0.2) is 5.82 Å². The predicted octanol–water partition coefficient (Wildman–Crippen LogP) is 10.5. The van der Waals surface area contributed by atoms with Gasteiger partial charge >= 0.3 is 0 Å². The monoisotopic (exact) mass is 571 g/mol.